The van der Waals surface area contributed by atoms with Crippen molar-refractivity contribution in [1.29, 1.82) is 0 Å². The van der Waals surface area contributed by atoms with Gasteiger partial charge in [-0.05, 0) is 104 Å². The van der Waals surface area contributed by atoms with Crippen molar-refractivity contribution in [2.75, 3.05) is 53.1 Å². The van der Waals surface area contributed by atoms with Crippen LogP contribution in [0.25, 0.3) is 0 Å². The maximum atomic E-state index is 13.5. The third-order valence-corrected chi connectivity index (χ3v) is 11.4. The summed E-state index contributed by atoms with van der Waals surface area (Å²) in [6.07, 6.45) is 1.35. The standard InChI is InChI=1S/C48H45Cl5N8O8/c1-26(62)43(60-58-37-9-5-7-34(41(37)52)45(64)54-32-13-11-28(17-20-49)39(24-32)68-3)47(66)56-31-15-16-36(30(23-31)19-22-51)57-48(67)44(27(2)63)61-59-38-10-6-8-35(42(38)53)46(65)55-33-14-12-29(18-21-50)40(25-33)69-4/h5-16,23-25,43-44H,17-22H2,1-4H3,(H,54,64)(H,55,65)(H,56,66)(H,57,67). The molecule has 0 heterocycles. The third kappa shape index (κ3) is 14.3. The number of Topliss-reactive ketones (excluding diaryl/α,β-unsaturated/α-hetero) is 2. The molecule has 2 atom stereocenters. The molecular formula is C48H45Cl5N8O8. The monoisotopic (exact) mass is 1040 g/mol. The highest BCUT2D eigenvalue weighted by Crippen LogP contribution is 2.33. The summed E-state index contributed by atoms with van der Waals surface area (Å²) < 4.78 is 10.8. The van der Waals surface area contributed by atoms with E-state index in [0.29, 0.717) is 53.0 Å². The number of carbonyl (C=O) groups is 6. The van der Waals surface area contributed by atoms with Gasteiger partial charge < -0.3 is 30.7 Å². The van der Waals surface area contributed by atoms with Crippen LogP contribution >= 0.6 is 58.0 Å². The molecule has 0 saturated carbocycles. The Hall–Kier alpha value is -6.43. The second-order valence-corrected chi connectivity index (χ2v) is 16.8. The molecule has 16 nitrogen and oxygen atoms in total. The number of benzene rings is 5. The molecule has 0 saturated heterocycles. The van der Waals surface area contributed by atoms with Gasteiger partial charge in [-0.3, -0.25) is 28.8 Å². The third-order valence-electron chi connectivity index (χ3n) is 10.1. The van der Waals surface area contributed by atoms with Crippen LogP contribution in [0.1, 0.15) is 51.3 Å². The zero-order chi connectivity index (χ0) is 50.2. The van der Waals surface area contributed by atoms with Crippen LogP contribution in [0, 0.1) is 0 Å². The van der Waals surface area contributed by atoms with Gasteiger partial charge in [0.15, 0.2) is 11.6 Å². The van der Waals surface area contributed by atoms with Crippen molar-refractivity contribution in [2.24, 2.45) is 20.5 Å². The van der Waals surface area contributed by atoms with Crippen molar-refractivity contribution in [3.05, 3.63) is 129 Å². The van der Waals surface area contributed by atoms with E-state index in [-0.39, 0.29) is 56.2 Å². The van der Waals surface area contributed by atoms with Gasteiger partial charge in [-0.1, -0.05) is 47.5 Å². The van der Waals surface area contributed by atoms with E-state index in [9.17, 15) is 28.8 Å². The predicted molar refractivity (Wildman–Crippen MR) is 270 cm³/mol. The second-order valence-electron chi connectivity index (χ2n) is 14.9. The molecule has 5 aromatic rings. The smallest absolute Gasteiger partial charge is 0.258 e. The number of anilines is 4. The van der Waals surface area contributed by atoms with E-state index >= 15 is 0 Å². The maximum Gasteiger partial charge on any atom is 0.258 e. The fraction of sp³-hybridized carbons (Fsp3) is 0.250. The molecule has 0 bridgehead atoms. The summed E-state index contributed by atoms with van der Waals surface area (Å²) in [6, 6.07) is 20.4. The van der Waals surface area contributed by atoms with Gasteiger partial charge >= 0.3 is 0 Å². The number of methoxy groups -OCH3 is 2. The average Bonchev–Trinajstić information content (AvgIpc) is 3.31. The number of ether oxygens (including phenoxy) is 2. The number of rotatable bonds is 22. The van der Waals surface area contributed by atoms with Crippen LogP contribution < -0.4 is 30.7 Å². The van der Waals surface area contributed by atoms with E-state index in [0.717, 1.165) is 25.0 Å². The highest BCUT2D eigenvalue weighted by molar-refractivity contribution is 6.37. The van der Waals surface area contributed by atoms with E-state index in [1.807, 2.05) is 0 Å². The fourth-order valence-corrected chi connectivity index (χ4v) is 7.70. The number of amides is 4. The summed E-state index contributed by atoms with van der Waals surface area (Å²) in [7, 11) is 3.02. The Morgan fingerprint density at radius 1 is 0.522 bits per heavy atom. The van der Waals surface area contributed by atoms with Crippen LogP contribution in [-0.4, -0.2) is 79.1 Å². The first-order chi connectivity index (χ1) is 33.1. The van der Waals surface area contributed by atoms with E-state index in [1.54, 1.807) is 36.4 Å². The number of ketones is 2. The number of carbonyl (C=O) groups excluding carboxylic acids is 6. The van der Waals surface area contributed by atoms with Crippen molar-refractivity contribution >= 4 is 127 Å². The van der Waals surface area contributed by atoms with Crippen LogP contribution in [0.3, 0.4) is 0 Å². The van der Waals surface area contributed by atoms with Gasteiger partial charge in [-0.25, -0.2) is 0 Å². The minimum Gasteiger partial charge on any atom is -0.496 e. The number of halogens is 5. The first kappa shape index (κ1) is 53.5. The molecule has 0 aliphatic carbocycles. The Balaban J connectivity index is 1.27. The Labute approximate surface area is 422 Å². The Morgan fingerprint density at radius 2 is 0.928 bits per heavy atom. The van der Waals surface area contributed by atoms with Gasteiger partial charge in [0.2, 0.25) is 12.1 Å². The lowest BCUT2D eigenvalue weighted by atomic mass is 10.1. The number of azo groups is 2. The predicted octanol–water partition coefficient (Wildman–Crippen LogP) is 11.2. The molecule has 21 heteroatoms. The maximum absolute atomic E-state index is 13.5. The van der Waals surface area contributed by atoms with Crippen molar-refractivity contribution < 1.29 is 38.2 Å². The van der Waals surface area contributed by atoms with E-state index in [2.05, 4.69) is 41.7 Å². The van der Waals surface area contributed by atoms with Gasteiger partial charge in [-0.2, -0.15) is 20.5 Å². The van der Waals surface area contributed by atoms with E-state index < -0.39 is 47.3 Å². The zero-order valence-corrected chi connectivity index (χ0v) is 41.3. The zero-order valence-electron chi connectivity index (χ0n) is 37.5. The number of aryl methyl sites for hydroxylation is 3. The van der Waals surface area contributed by atoms with Gasteiger partial charge in [0.25, 0.3) is 23.6 Å². The SMILES string of the molecule is COc1cc(NC(=O)c2cccc(N=NC(C(C)=O)C(=O)Nc3ccc(NC(=O)C(N=Nc4cccc(C(=O)Nc5ccc(CCCl)c(OC)c5)c4Cl)C(C)=O)c(CCCl)c3)c2Cl)ccc1CCCl. The van der Waals surface area contributed by atoms with Crippen LogP contribution in [0.4, 0.5) is 34.1 Å². The second kappa shape index (κ2) is 25.8. The first-order valence-electron chi connectivity index (χ1n) is 20.9. The Bertz CT molecular complexity index is 2810. The van der Waals surface area contributed by atoms with Crippen LogP contribution in [0.15, 0.2) is 111 Å². The first-order valence-corrected chi connectivity index (χ1v) is 23.3. The quantitative estimate of drug-likeness (QED) is 0.0296. The molecule has 0 fully saturated rings. The number of nitrogens with zero attached hydrogens (tertiary/aromatic N) is 4. The summed E-state index contributed by atoms with van der Waals surface area (Å²) in [5, 5.41) is 26.8. The highest BCUT2D eigenvalue weighted by atomic mass is 35.5. The summed E-state index contributed by atoms with van der Waals surface area (Å²) >= 11 is 31.0. The van der Waals surface area contributed by atoms with E-state index in [1.165, 1.54) is 68.8 Å². The van der Waals surface area contributed by atoms with Crippen LogP contribution in [0.2, 0.25) is 10.0 Å². The lowest BCUT2D eigenvalue weighted by Crippen LogP contribution is -2.32. The number of hydrogen-bond donors (Lipinski definition) is 4. The molecule has 0 aromatic heterocycles. The molecule has 69 heavy (non-hydrogen) atoms. The summed E-state index contributed by atoms with van der Waals surface area (Å²) in [6.45, 7) is 2.32. The molecule has 5 rings (SSSR count). The summed E-state index contributed by atoms with van der Waals surface area (Å²) in [5.41, 5.74) is 3.68. The van der Waals surface area contributed by atoms with Crippen LogP contribution in [-0.2, 0) is 38.4 Å². The molecular weight excluding hydrogens is 994 g/mol. The average molecular weight is 1040 g/mol. The minimum absolute atomic E-state index is 0.0202. The van der Waals surface area contributed by atoms with Gasteiger partial charge in [-0.15, -0.1) is 34.8 Å². The molecule has 4 amide bonds. The lowest BCUT2D eigenvalue weighted by Gasteiger charge is -2.16. The Morgan fingerprint density at radius 3 is 1.35 bits per heavy atom. The largest absolute Gasteiger partial charge is 0.496 e. The lowest BCUT2D eigenvalue weighted by molar-refractivity contribution is -0.127. The molecule has 4 N–H and O–H groups in total. The van der Waals surface area contributed by atoms with Crippen molar-refractivity contribution in [3.63, 3.8) is 0 Å². The van der Waals surface area contributed by atoms with Crippen molar-refractivity contribution in [3.8, 4) is 11.5 Å². The molecule has 0 spiro atoms. The van der Waals surface area contributed by atoms with Gasteiger partial charge in [0.05, 0.1) is 35.4 Å². The number of alkyl halides is 3. The number of nitrogens with one attached hydrogen (secondary N) is 4. The topological polar surface area (TPSA) is 218 Å². The molecule has 0 radical (unpaired) electrons. The fourth-order valence-electron chi connectivity index (χ4n) is 6.59. The summed E-state index contributed by atoms with van der Waals surface area (Å²) in [5.74, 6) is -2.13. The molecule has 0 aliphatic heterocycles. The Kier molecular flexibility index (Phi) is 20.0. The van der Waals surface area contributed by atoms with Crippen molar-refractivity contribution in [2.45, 2.75) is 45.2 Å². The normalized spacial score (nSPS) is 12.0. The summed E-state index contributed by atoms with van der Waals surface area (Å²) in [4.78, 5) is 78.9. The highest BCUT2D eigenvalue weighted by Gasteiger charge is 2.27. The van der Waals surface area contributed by atoms with Gasteiger partial charge in [0.1, 0.15) is 22.9 Å². The minimum atomic E-state index is -1.63. The van der Waals surface area contributed by atoms with Crippen molar-refractivity contribution in [1.82, 2.24) is 0 Å². The van der Waals surface area contributed by atoms with Gasteiger partial charge in [0, 0.05) is 52.5 Å². The molecule has 0 aliphatic rings. The number of hydrogen-bond acceptors (Lipinski definition) is 12. The molecule has 2 unspecified atom stereocenters. The molecule has 360 valence electrons. The van der Waals surface area contributed by atoms with E-state index in [4.69, 9.17) is 67.5 Å². The molecule has 5 aromatic carbocycles. The van der Waals surface area contributed by atoms with Crippen LogP contribution in [0.5, 0.6) is 11.5 Å².